The second-order valence-electron chi connectivity index (χ2n) is 4.07. The molecular formula is C14H20N2O2. The normalized spacial score (nSPS) is 12.4. The van der Waals surface area contributed by atoms with Crippen molar-refractivity contribution in [2.24, 2.45) is 5.84 Å². The zero-order chi connectivity index (χ0) is 13.4. The van der Waals surface area contributed by atoms with Crippen LogP contribution in [0.4, 0.5) is 0 Å². The van der Waals surface area contributed by atoms with Gasteiger partial charge in [-0.2, -0.15) is 0 Å². The minimum Gasteiger partial charge on any atom is -0.490 e. The first kappa shape index (κ1) is 14.3. The number of hydrazine groups is 1. The Hall–Kier alpha value is -1.81. The lowest BCUT2D eigenvalue weighted by molar-refractivity contribution is -0.121. The van der Waals surface area contributed by atoms with Crippen LogP contribution in [0, 0.1) is 0 Å². The molecule has 0 aliphatic carbocycles. The molecule has 1 rings (SSSR count). The second kappa shape index (κ2) is 7.50. The molecule has 98 valence electrons. The SMILES string of the molecule is CC=Cc1ccccc1OC(C)CCC(=O)NN. The Morgan fingerprint density at radius 1 is 1.50 bits per heavy atom. The molecule has 0 aliphatic heterocycles. The Kier molecular flexibility index (Phi) is 5.94. The van der Waals surface area contributed by atoms with Crippen LogP contribution in [0.1, 0.15) is 32.3 Å². The molecule has 0 bridgehead atoms. The molecule has 0 heterocycles. The molecule has 3 N–H and O–H groups in total. The van der Waals surface area contributed by atoms with Crippen LogP contribution in [0.25, 0.3) is 6.08 Å². The van der Waals surface area contributed by atoms with E-state index in [1.807, 2.05) is 50.3 Å². The number of amides is 1. The molecule has 0 spiro atoms. The maximum Gasteiger partial charge on any atom is 0.234 e. The van der Waals surface area contributed by atoms with Crippen molar-refractivity contribution in [3.8, 4) is 5.75 Å². The predicted octanol–water partition coefficient (Wildman–Crippen LogP) is 2.26. The summed E-state index contributed by atoms with van der Waals surface area (Å²) >= 11 is 0. The molecule has 0 fully saturated rings. The molecule has 1 atom stereocenters. The fraction of sp³-hybridized carbons (Fsp3) is 0.357. The van der Waals surface area contributed by atoms with Crippen molar-refractivity contribution < 1.29 is 9.53 Å². The molecule has 0 radical (unpaired) electrons. The van der Waals surface area contributed by atoms with Gasteiger partial charge in [0.15, 0.2) is 0 Å². The summed E-state index contributed by atoms with van der Waals surface area (Å²) in [5, 5.41) is 0. The molecule has 0 saturated carbocycles. The molecule has 18 heavy (non-hydrogen) atoms. The zero-order valence-electron chi connectivity index (χ0n) is 10.8. The van der Waals surface area contributed by atoms with Gasteiger partial charge < -0.3 is 4.74 Å². The van der Waals surface area contributed by atoms with Gasteiger partial charge in [-0.3, -0.25) is 10.2 Å². The fourth-order valence-electron chi connectivity index (χ4n) is 1.59. The van der Waals surface area contributed by atoms with Gasteiger partial charge in [-0.1, -0.05) is 30.4 Å². The Balaban J connectivity index is 2.58. The average Bonchev–Trinajstić information content (AvgIpc) is 2.38. The lowest BCUT2D eigenvalue weighted by Crippen LogP contribution is -2.30. The maximum absolute atomic E-state index is 11.0. The van der Waals surface area contributed by atoms with E-state index in [0.717, 1.165) is 11.3 Å². The van der Waals surface area contributed by atoms with Crippen LogP contribution in [0.15, 0.2) is 30.3 Å². The average molecular weight is 248 g/mol. The van der Waals surface area contributed by atoms with Gasteiger partial charge in [0.1, 0.15) is 5.75 Å². The first-order valence-corrected chi connectivity index (χ1v) is 6.05. The van der Waals surface area contributed by atoms with Crippen LogP contribution in [0.3, 0.4) is 0 Å². The van der Waals surface area contributed by atoms with Crippen LogP contribution in [0.5, 0.6) is 5.75 Å². The van der Waals surface area contributed by atoms with Gasteiger partial charge in [0.05, 0.1) is 6.10 Å². The van der Waals surface area contributed by atoms with E-state index in [9.17, 15) is 4.79 Å². The summed E-state index contributed by atoms with van der Waals surface area (Å²) in [4.78, 5) is 11.0. The van der Waals surface area contributed by atoms with Crippen molar-refractivity contribution in [2.45, 2.75) is 32.8 Å². The summed E-state index contributed by atoms with van der Waals surface area (Å²) in [6, 6.07) is 7.82. The Morgan fingerprint density at radius 3 is 2.89 bits per heavy atom. The molecule has 0 aromatic heterocycles. The monoisotopic (exact) mass is 248 g/mol. The van der Waals surface area contributed by atoms with Gasteiger partial charge in [-0.05, 0) is 26.3 Å². The number of rotatable bonds is 6. The van der Waals surface area contributed by atoms with Gasteiger partial charge in [0.25, 0.3) is 0 Å². The summed E-state index contributed by atoms with van der Waals surface area (Å²) in [7, 11) is 0. The molecule has 0 aliphatic rings. The molecule has 1 aromatic carbocycles. The van der Waals surface area contributed by atoms with Crippen molar-refractivity contribution in [3.63, 3.8) is 0 Å². The summed E-state index contributed by atoms with van der Waals surface area (Å²) in [5.74, 6) is 5.68. The number of benzene rings is 1. The standard InChI is InChI=1S/C14H20N2O2/c1-3-6-12-7-4-5-8-13(12)18-11(2)9-10-14(17)16-15/h3-8,11H,9-10,15H2,1-2H3,(H,16,17). The Morgan fingerprint density at radius 2 is 2.22 bits per heavy atom. The smallest absolute Gasteiger partial charge is 0.234 e. The molecule has 0 saturated heterocycles. The maximum atomic E-state index is 11.0. The number of carbonyl (C=O) groups excluding carboxylic acids is 1. The predicted molar refractivity (Wildman–Crippen MR) is 72.8 cm³/mol. The van der Waals surface area contributed by atoms with E-state index in [2.05, 4.69) is 5.43 Å². The van der Waals surface area contributed by atoms with Gasteiger partial charge >= 0.3 is 0 Å². The number of hydrogen-bond donors (Lipinski definition) is 2. The highest BCUT2D eigenvalue weighted by Crippen LogP contribution is 2.21. The number of carbonyl (C=O) groups is 1. The molecular weight excluding hydrogens is 228 g/mol. The summed E-state index contributed by atoms with van der Waals surface area (Å²) in [5.41, 5.74) is 3.15. The molecule has 1 amide bonds. The first-order chi connectivity index (χ1) is 8.67. The first-order valence-electron chi connectivity index (χ1n) is 6.05. The summed E-state index contributed by atoms with van der Waals surface area (Å²) in [6.45, 7) is 3.90. The summed E-state index contributed by atoms with van der Waals surface area (Å²) < 4.78 is 5.82. The molecule has 4 heteroatoms. The minimum atomic E-state index is -0.174. The molecule has 1 aromatic rings. The zero-order valence-corrected chi connectivity index (χ0v) is 10.8. The third kappa shape index (κ3) is 4.59. The van der Waals surface area contributed by atoms with E-state index >= 15 is 0 Å². The fourth-order valence-corrected chi connectivity index (χ4v) is 1.59. The highest BCUT2D eigenvalue weighted by molar-refractivity contribution is 5.75. The highest BCUT2D eigenvalue weighted by atomic mass is 16.5. The summed E-state index contributed by atoms with van der Waals surface area (Å²) in [6.07, 6.45) is 4.92. The van der Waals surface area contributed by atoms with Crippen molar-refractivity contribution in [2.75, 3.05) is 0 Å². The third-order valence-corrected chi connectivity index (χ3v) is 2.53. The third-order valence-electron chi connectivity index (χ3n) is 2.53. The van der Waals surface area contributed by atoms with E-state index in [0.29, 0.717) is 12.8 Å². The largest absolute Gasteiger partial charge is 0.490 e. The quantitative estimate of drug-likeness (QED) is 0.461. The number of hydrogen-bond acceptors (Lipinski definition) is 3. The number of ether oxygens (including phenoxy) is 1. The molecule has 1 unspecified atom stereocenters. The number of para-hydroxylation sites is 1. The lowest BCUT2D eigenvalue weighted by Gasteiger charge is -2.16. The highest BCUT2D eigenvalue weighted by Gasteiger charge is 2.08. The van der Waals surface area contributed by atoms with E-state index in [-0.39, 0.29) is 12.0 Å². The number of nitrogens with one attached hydrogen (secondary N) is 1. The van der Waals surface area contributed by atoms with Crippen molar-refractivity contribution in [1.29, 1.82) is 0 Å². The van der Waals surface area contributed by atoms with Gasteiger partial charge in [0, 0.05) is 12.0 Å². The van der Waals surface area contributed by atoms with E-state index in [1.165, 1.54) is 0 Å². The Labute approximate surface area is 108 Å². The molecule has 4 nitrogen and oxygen atoms in total. The van der Waals surface area contributed by atoms with Crippen LogP contribution in [-0.4, -0.2) is 12.0 Å². The van der Waals surface area contributed by atoms with E-state index in [1.54, 1.807) is 0 Å². The van der Waals surface area contributed by atoms with E-state index in [4.69, 9.17) is 10.6 Å². The number of allylic oxidation sites excluding steroid dienone is 1. The lowest BCUT2D eigenvalue weighted by atomic mass is 10.1. The van der Waals surface area contributed by atoms with Crippen molar-refractivity contribution in [3.05, 3.63) is 35.9 Å². The minimum absolute atomic E-state index is 0.0336. The van der Waals surface area contributed by atoms with Gasteiger partial charge in [-0.25, -0.2) is 5.84 Å². The number of nitrogens with two attached hydrogens (primary N) is 1. The Bertz CT molecular complexity index is 416. The van der Waals surface area contributed by atoms with Crippen LogP contribution >= 0.6 is 0 Å². The van der Waals surface area contributed by atoms with Crippen molar-refractivity contribution in [1.82, 2.24) is 5.43 Å². The second-order valence-corrected chi connectivity index (χ2v) is 4.07. The van der Waals surface area contributed by atoms with Crippen molar-refractivity contribution >= 4 is 12.0 Å². The van der Waals surface area contributed by atoms with Crippen LogP contribution in [0.2, 0.25) is 0 Å². The van der Waals surface area contributed by atoms with Gasteiger partial charge in [0.2, 0.25) is 5.91 Å². The van der Waals surface area contributed by atoms with Crippen LogP contribution in [-0.2, 0) is 4.79 Å². The van der Waals surface area contributed by atoms with E-state index < -0.39 is 0 Å². The van der Waals surface area contributed by atoms with Gasteiger partial charge in [-0.15, -0.1) is 0 Å². The topological polar surface area (TPSA) is 64.3 Å². The van der Waals surface area contributed by atoms with Crippen LogP contribution < -0.4 is 16.0 Å².